The predicted octanol–water partition coefficient (Wildman–Crippen LogP) is 2.09. The molecule has 1 fully saturated rings. The van der Waals surface area contributed by atoms with Gasteiger partial charge in [-0.15, -0.1) is 0 Å². The summed E-state index contributed by atoms with van der Waals surface area (Å²) >= 11 is 0. The molecule has 0 aliphatic carbocycles. The molecule has 2 amide bonds. The van der Waals surface area contributed by atoms with Crippen molar-refractivity contribution in [1.29, 1.82) is 0 Å². The topological polar surface area (TPSA) is 88.7 Å². The van der Waals surface area contributed by atoms with Crippen LogP contribution in [-0.2, 0) is 20.9 Å². The van der Waals surface area contributed by atoms with Gasteiger partial charge < -0.3 is 25.4 Å². The summed E-state index contributed by atoms with van der Waals surface area (Å²) in [4.78, 5) is 24.1. The van der Waals surface area contributed by atoms with Crippen LogP contribution in [0.4, 0.5) is 5.69 Å². The van der Waals surface area contributed by atoms with Crippen LogP contribution < -0.4 is 20.7 Å². The molecule has 1 aliphatic heterocycles. The molecule has 154 valence electrons. The van der Waals surface area contributed by atoms with E-state index in [4.69, 9.17) is 9.47 Å². The quantitative estimate of drug-likeness (QED) is 0.564. The maximum atomic E-state index is 12.1. The van der Waals surface area contributed by atoms with Crippen molar-refractivity contribution in [3.05, 3.63) is 60.2 Å². The second kappa shape index (κ2) is 11.2. The third kappa shape index (κ3) is 7.21. The molecule has 0 spiro atoms. The highest BCUT2D eigenvalue weighted by atomic mass is 16.5. The maximum Gasteiger partial charge on any atom is 0.250 e. The van der Waals surface area contributed by atoms with Gasteiger partial charge in [-0.2, -0.15) is 0 Å². The Morgan fingerprint density at radius 1 is 1.10 bits per heavy atom. The summed E-state index contributed by atoms with van der Waals surface area (Å²) in [5.74, 6) is 0.638. The Morgan fingerprint density at radius 3 is 2.62 bits per heavy atom. The molecule has 0 aromatic heterocycles. The molecule has 7 heteroatoms. The first-order chi connectivity index (χ1) is 14.2. The molecule has 3 N–H and O–H groups in total. The van der Waals surface area contributed by atoms with Crippen molar-refractivity contribution in [2.24, 2.45) is 0 Å². The van der Waals surface area contributed by atoms with Crippen LogP contribution in [0.5, 0.6) is 5.75 Å². The molecule has 3 rings (SSSR count). The second-order valence-corrected chi connectivity index (χ2v) is 6.79. The molecular weight excluding hydrogens is 370 g/mol. The standard InChI is InChI=1S/C22H27N3O4/c26-21(7-4-13-28-19-5-2-1-3-6-19)25-18-10-8-17(9-11-18)15-24-22(27)20-16-23-12-14-29-20/h1-3,5-6,8-11,20,23H,4,7,12-16H2,(H,24,27)(H,25,26). The smallest absolute Gasteiger partial charge is 0.250 e. The van der Waals surface area contributed by atoms with Crippen molar-refractivity contribution >= 4 is 17.5 Å². The Bertz CT molecular complexity index is 774. The van der Waals surface area contributed by atoms with Crippen LogP contribution in [0.2, 0.25) is 0 Å². The number of rotatable bonds is 9. The van der Waals surface area contributed by atoms with Crippen LogP contribution in [0.3, 0.4) is 0 Å². The van der Waals surface area contributed by atoms with Gasteiger partial charge >= 0.3 is 0 Å². The number of benzene rings is 2. The lowest BCUT2D eigenvalue weighted by molar-refractivity contribution is -0.134. The minimum Gasteiger partial charge on any atom is -0.494 e. The van der Waals surface area contributed by atoms with E-state index in [1.165, 1.54) is 0 Å². The SMILES string of the molecule is O=C(CCCOc1ccccc1)Nc1ccc(CNC(=O)C2CNCCO2)cc1. The first-order valence-corrected chi connectivity index (χ1v) is 9.87. The summed E-state index contributed by atoms with van der Waals surface area (Å²) in [6, 6.07) is 17.0. The molecule has 1 aliphatic rings. The minimum absolute atomic E-state index is 0.0512. The Kier molecular flexibility index (Phi) is 8.03. The van der Waals surface area contributed by atoms with Gasteiger partial charge in [0.05, 0.1) is 13.2 Å². The van der Waals surface area contributed by atoms with Crippen LogP contribution >= 0.6 is 0 Å². The molecule has 1 unspecified atom stereocenters. The van der Waals surface area contributed by atoms with Gasteiger partial charge in [-0.3, -0.25) is 9.59 Å². The number of amides is 2. The lowest BCUT2D eigenvalue weighted by Crippen LogP contribution is -2.47. The normalized spacial score (nSPS) is 16.1. The fourth-order valence-corrected chi connectivity index (χ4v) is 2.91. The van der Waals surface area contributed by atoms with Crippen LogP contribution in [0.15, 0.2) is 54.6 Å². The first-order valence-electron chi connectivity index (χ1n) is 9.87. The molecule has 0 bridgehead atoms. The molecule has 1 heterocycles. The number of morpholine rings is 1. The zero-order chi connectivity index (χ0) is 20.3. The van der Waals surface area contributed by atoms with Gasteiger partial charge in [0.15, 0.2) is 0 Å². The van der Waals surface area contributed by atoms with Crippen LogP contribution in [-0.4, -0.2) is 44.2 Å². The Morgan fingerprint density at radius 2 is 1.90 bits per heavy atom. The largest absolute Gasteiger partial charge is 0.494 e. The molecule has 2 aromatic carbocycles. The van der Waals surface area contributed by atoms with Crippen molar-refractivity contribution in [2.75, 3.05) is 31.6 Å². The molecular formula is C22H27N3O4. The molecule has 0 radical (unpaired) electrons. The highest BCUT2D eigenvalue weighted by molar-refractivity contribution is 5.90. The molecule has 0 saturated carbocycles. The lowest BCUT2D eigenvalue weighted by Gasteiger charge is -2.22. The number of carbonyl (C=O) groups is 2. The molecule has 2 aromatic rings. The van der Waals surface area contributed by atoms with Gasteiger partial charge in [0.1, 0.15) is 11.9 Å². The van der Waals surface area contributed by atoms with Gasteiger partial charge in [0, 0.05) is 31.7 Å². The van der Waals surface area contributed by atoms with E-state index in [1.54, 1.807) is 0 Å². The van der Waals surface area contributed by atoms with E-state index in [-0.39, 0.29) is 11.8 Å². The average Bonchev–Trinajstić information content (AvgIpc) is 2.77. The Balaban J connectivity index is 1.33. The van der Waals surface area contributed by atoms with E-state index in [9.17, 15) is 9.59 Å². The van der Waals surface area contributed by atoms with Crippen LogP contribution in [0.25, 0.3) is 0 Å². The fraction of sp³-hybridized carbons (Fsp3) is 0.364. The van der Waals surface area contributed by atoms with Crippen LogP contribution in [0.1, 0.15) is 18.4 Å². The molecule has 29 heavy (non-hydrogen) atoms. The summed E-state index contributed by atoms with van der Waals surface area (Å²) in [5, 5.41) is 8.88. The summed E-state index contributed by atoms with van der Waals surface area (Å²) < 4.78 is 11.0. The second-order valence-electron chi connectivity index (χ2n) is 6.79. The van der Waals surface area contributed by atoms with E-state index in [0.717, 1.165) is 23.5 Å². The van der Waals surface area contributed by atoms with Crippen LogP contribution in [0, 0.1) is 0 Å². The number of nitrogens with one attached hydrogen (secondary N) is 3. The fourth-order valence-electron chi connectivity index (χ4n) is 2.91. The maximum absolute atomic E-state index is 12.1. The first kappa shape index (κ1) is 20.8. The molecule has 1 atom stereocenters. The van der Waals surface area contributed by atoms with Crippen molar-refractivity contribution < 1.29 is 19.1 Å². The molecule has 7 nitrogen and oxygen atoms in total. The average molecular weight is 397 g/mol. The van der Waals surface area contributed by atoms with Crippen molar-refractivity contribution in [3.63, 3.8) is 0 Å². The zero-order valence-electron chi connectivity index (χ0n) is 16.4. The number of ether oxygens (including phenoxy) is 2. The van der Waals surface area contributed by atoms with Gasteiger partial charge in [-0.25, -0.2) is 0 Å². The minimum atomic E-state index is -0.437. The van der Waals surface area contributed by atoms with Crippen molar-refractivity contribution in [1.82, 2.24) is 10.6 Å². The summed E-state index contributed by atoms with van der Waals surface area (Å²) in [7, 11) is 0. The van der Waals surface area contributed by atoms with E-state index >= 15 is 0 Å². The molecule has 1 saturated heterocycles. The van der Waals surface area contributed by atoms with Crippen molar-refractivity contribution in [3.8, 4) is 5.75 Å². The summed E-state index contributed by atoms with van der Waals surface area (Å²) in [6.45, 7) is 2.77. The van der Waals surface area contributed by atoms with Gasteiger partial charge in [-0.05, 0) is 36.2 Å². The van der Waals surface area contributed by atoms with Crippen molar-refractivity contribution in [2.45, 2.75) is 25.5 Å². The Labute approximate surface area is 170 Å². The monoisotopic (exact) mass is 397 g/mol. The van der Waals surface area contributed by atoms with E-state index in [0.29, 0.717) is 39.1 Å². The zero-order valence-corrected chi connectivity index (χ0v) is 16.4. The highest BCUT2D eigenvalue weighted by Crippen LogP contribution is 2.12. The highest BCUT2D eigenvalue weighted by Gasteiger charge is 2.21. The number of anilines is 1. The van der Waals surface area contributed by atoms with E-state index in [1.807, 2.05) is 54.6 Å². The summed E-state index contributed by atoms with van der Waals surface area (Å²) in [5.41, 5.74) is 1.69. The number of hydrogen-bond donors (Lipinski definition) is 3. The Hall–Kier alpha value is -2.90. The number of carbonyl (C=O) groups excluding carboxylic acids is 2. The van der Waals surface area contributed by atoms with Gasteiger partial charge in [-0.1, -0.05) is 30.3 Å². The predicted molar refractivity (Wildman–Crippen MR) is 111 cm³/mol. The third-order valence-electron chi connectivity index (χ3n) is 4.48. The number of hydrogen-bond acceptors (Lipinski definition) is 5. The lowest BCUT2D eigenvalue weighted by atomic mass is 10.2. The summed E-state index contributed by atoms with van der Waals surface area (Å²) in [6.07, 6.45) is 0.594. The van der Waals surface area contributed by atoms with E-state index in [2.05, 4.69) is 16.0 Å². The van der Waals surface area contributed by atoms with E-state index < -0.39 is 6.10 Å². The van der Waals surface area contributed by atoms with Gasteiger partial charge in [0.25, 0.3) is 5.91 Å². The van der Waals surface area contributed by atoms with Gasteiger partial charge in [0.2, 0.25) is 5.91 Å². The third-order valence-corrected chi connectivity index (χ3v) is 4.48. The number of para-hydroxylation sites is 1.